The third-order valence-electron chi connectivity index (χ3n) is 1.95. The summed E-state index contributed by atoms with van der Waals surface area (Å²) in [6.07, 6.45) is 2.70. The Morgan fingerprint density at radius 2 is 2.00 bits per heavy atom. The molecular weight excluding hydrogens is 148 g/mol. The second-order valence-electron chi connectivity index (χ2n) is 2.75. The summed E-state index contributed by atoms with van der Waals surface area (Å²) < 4.78 is 0. The molecule has 1 saturated heterocycles. The van der Waals surface area contributed by atoms with Gasteiger partial charge in [-0.1, -0.05) is 0 Å². The van der Waals surface area contributed by atoms with Crippen molar-refractivity contribution in [2.24, 2.45) is 5.92 Å². The zero-order valence-corrected chi connectivity index (χ0v) is 7.34. The zero-order chi connectivity index (χ0) is 6.53. The molecule has 0 aromatic rings. The normalized spacial score (nSPS) is 20.1. The lowest BCUT2D eigenvalue weighted by molar-refractivity contribution is 0.365. The maximum Gasteiger partial charge on any atom is -0.00226 e. The van der Waals surface area contributed by atoms with Gasteiger partial charge in [-0.15, -0.1) is 12.4 Å². The van der Waals surface area contributed by atoms with Gasteiger partial charge in [-0.2, -0.15) is 0 Å². The molecule has 0 saturated carbocycles. The molecule has 2 N–H and O–H groups in total. The van der Waals surface area contributed by atoms with E-state index in [2.05, 4.69) is 10.6 Å². The maximum absolute atomic E-state index is 3.35. The summed E-state index contributed by atoms with van der Waals surface area (Å²) in [7, 11) is 2.03. The van der Waals surface area contributed by atoms with Gasteiger partial charge in [0.25, 0.3) is 0 Å². The largest absolute Gasteiger partial charge is 0.319 e. The Balaban J connectivity index is 0.000000810. The van der Waals surface area contributed by atoms with Gasteiger partial charge >= 0.3 is 0 Å². The van der Waals surface area contributed by atoms with Crippen LogP contribution in [0.3, 0.4) is 0 Å². The van der Waals surface area contributed by atoms with Crippen molar-refractivity contribution in [2.75, 3.05) is 26.7 Å². The fraction of sp³-hybridized carbons (Fsp3) is 1.00. The summed E-state index contributed by atoms with van der Waals surface area (Å²) in [4.78, 5) is 0. The van der Waals surface area contributed by atoms with Crippen LogP contribution in [0.4, 0.5) is 0 Å². The molecule has 0 aliphatic carbocycles. The van der Waals surface area contributed by atoms with Gasteiger partial charge in [0, 0.05) is 0 Å². The predicted molar refractivity (Wildman–Crippen MR) is 46.8 cm³/mol. The van der Waals surface area contributed by atoms with Crippen molar-refractivity contribution in [1.29, 1.82) is 0 Å². The quantitative estimate of drug-likeness (QED) is 0.626. The van der Waals surface area contributed by atoms with Crippen molar-refractivity contribution in [3.63, 3.8) is 0 Å². The lowest BCUT2D eigenvalue weighted by Crippen LogP contribution is -2.32. The summed E-state index contributed by atoms with van der Waals surface area (Å²) >= 11 is 0. The van der Waals surface area contributed by atoms with Gasteiger partial charge in [0.2, 0.25) is 0 Å². The van der Waals surface area contributed by atoms with Crippen molar-refractivity contribution >= 4 is 12.4 Å². The molecule has 10 heavy (non-hydrogen) atoms. The first-order valence-electron chi connectivity index (χ1n) is 3.79. The Kier molecular flexibility index (Phi) is 6.08. The number of hydrogen-bond donors (Lipinski definition) is 2. The zero-order valence-electron chi connectivity index (χ0n) is 6.52. The highest BCUT2D eigenvalue weighted by Crippen LogP contribution is 2.08. The van der Waals surface area contributed by atoms with Crippen molar-refractivity contribution in [2.45, 2.75) is 12.8 Å². The molecule has 1 aliphatic rings. The van der Waals surface area contributed by atoms with E-state index in [-0.39, 0.29) is 12.4 Å². The molecule has 1 fully saturated rings. The van der Waals surface area contributed by atoms with E-state index in [0.29, 0.717) is 0 Å². The van der Waals surface area contributed by atoms with Crippen LogP contribution in [-0.2, 0) is 0 Å². The second kappa shape index (κ2) is 5.96. The van der Waals surface area contributed by atoms with Crippen molar-refractivity contribution in [1.82, 2.24) is 10.6 Å². The number of nitrogens with one attached hydrogen (secondary N) is 2. The molecule has 62 valence electrons. The fourth-order valence-electron chi connectivity index (χ4n) is 1.37. The van der Waals surface area contributed by atoms with Crippen molar-refractivity contribution in [3.05, 3.63) is 0 Å². The van der Waals surface area contributed by atoms with E-state index in [0.717, 1.165) is 5.92 Å². The van der Waals surface area contributed by atoms with E-state index in [9.17, 15) is 0 Å². The maximum atomic E-state index is 3.35. The van der Waals surface area contributed by atoms with Crippen molar-refractivity contribution in [3.8, 4) is 0 Å². The van der Waals surface area contributed by atoms with Gasteiger partial charge in [-0.05, 0) is 45.4 Å². The Morgan fingerprint density at radius 1 is 1.40 bits per heavy atom. The molecule has 1 heterocycles. The number of halogens is 1. The summed E-state index contributed by atoms with van der Waals surface area (Å²) in [6, 6.07) is 0. The van der Waals surface area contributed by atoms with E-state index in [1.807, 2.05) is 7.05 Å². The summed E-state index contributed by atoms with van der Waals surface area (Å²) in [5.74, 6) is 0.927. The minimum atomic E-state index is 0. The van der Waals surface area contributed by atoms with Gasteiger partial charge < -0.3 is 10.6 Å². The molecular formula is C7H17ClN2. The Bertz CT molecular complexity index is 69.3. The first kappa shape index (κ1) is 10.2. The van der Waals surface area contributed by atoms with E-state index >= 15 is 0 Å². The van der Waals surface area contributed by atoms with Crippen LogP contribution in [0.5, 0.6) is 0 Å². The Labute approximate surface area is 69.2 Å². The summed E-state index contributed by atoms with van der Waals surface area (Å²) in [6.45, 7) is 3.63. The molecule has 2 nitrogen and oxygen atoms in total. The van der Waals surface area contributed by atoms with Crippen LogP contribution in [0, 0.1) is 5.92 Å². The number of rotatable bonds is 2. The summed E-state index contributed by atoms with van der Waals surface area (Å²) in [5.41, 5.74) is 0. The third-order valence-corrected chi connectivity index (χ3v) is 1.95. The van der Waals surface area contributed by atoms with Crippen LogP contribution in [0.15, 0.2) is 0 Å². The lowest BCUT2D eigenvalue weighted by Gasteiger charge is -2.21. The average molecular weight is 165 g/mol. The molecule has 0 unspecified atom stereocenters. The monoisotopic (exact) mass is 164 g/mol. The molecule has 0 radical (unpaired) electrons. The Hall–Kier alpha value is 0.210. The fourth-order valence-corrected chi connectivity index (χ4v) is 1.37. The van der Waals surface area contributed by atoms with Crippen LogP contribution in [0.1, 0.15) is 12.8 Å². The third kappa shape index (κ3) is 3.40. The number of piperidine rings is 1. The first-order valence-corrected chi connectivity index (χ1v) is 3.79. The van der Waals surface area contributed by atoms with Gasteiger partial charge in [-0.3, -0.25) is 0 Å². The highest BCUT2D eigenvalue weighted by Gasteiger charge is 2.10. The van der Waals surface area contributed by atoms with Crippen LogP contribution in [-0.4, -0.2) is 26.7 Å². The predicted octanol–water partition coefficient (Wildman–Crippen LogP) is 0.627. The number of hydrogen-bond acceptors (Lipinski definition) is 2. The van der Waals surface area contributed by atoms with Crippen LogP contribution < -0.4 is 10.6 Å². The molecule has 0 aromatic carbocycles. The van der Waals surface area contributed by atoms with Gasteiger partial charge in [0.15, 0.2) is 0 Å². The van der Waals surface area contributed by atoms with Crippen LogP contribution >= 0.6 is 12.4 Å². The SMILES string of the molecule is CNCC1CCNCC1.Cl. The molecule has 0 spiro atoms. The van der Waals surface area contributed by atoms with Gasteiger partial charge in [-0.25, -0.2) is 0 Å². The van der Waals surface area contributed by atoms with E-state index < -0.39 is 0 Å². The molecule has 0 bridgehead atoms. The van der Waals surface area contributed by atoms with E-state index in [1.165, 1.54) is 32.5 Å². The van der Waals surface area contributed by atoms with Crippen LogP contribution in [0.25, 0.3) is 0 Å². The smallest absolute Gasteiger partial charge is 0.00226 e. The highest BCUT2D eigenvalue weighted by molar-refractivity contribution is 5.85. The van der Waals surface area contributed by atoms with Gasteiger partial charge in [0.1, 0.15) is 0 Å². The van der Waals surface area contributed by atoms with E-state index in [4.69, 9.17) is 0 Å². The average Bonchev–Trinajstić information content (AvgIpc) is 1.91. The molecule has 1 rings (SSSR count). The van der Waals surface area contributed by atoms with Gasteiger partial charge in [0.05, 0.1) is 0 Å². The standard InChI is InChI=1S/C7H16N2.ClH/c1-8-6-7-2-4-9-5-3-7;/h7-9H,2-6H2,1H3;1H. The highest BCUT2D eigenvalue weighted by atomic mass is 35.5. The molecule has 3 heteroatoms. The van der Waals surface area contributed by atoms with Crippen LogP contribution in [0.2, 0.25) is 0 Å². The topological polar surface area (TPSA) is 24.1 Å². The molecule has 0 amide bonds. The van der Waals surface area contributed by atoms with E-state index in [1.54, 1.807) is 0 Å². The Morgan fingerprint density at radius 3 is 2.50 bits per heavy atom. The minimum Gasteiger partial charge on any atom is -0.319 e. The van der Waals surface area contributed by atoms with Crippen molar-refractivity contribution < 1.29 is 0 Å². The molecule has 1 aliphatic heterocycles. The lowest BCUT2D eigenvalue weighted by atomic mass is 9.98. The second-order valence-corrected chi connectivity index (χ2v) is 2.75. The molecule has 0 atom stereocenters. The first-order chi connectivity index (χ1) is 4.43. The minimum absolute atomic E-state index is 0. The summed E-state index contributed by atoms with van der Waals surface area (Å²) in [5, 5.41) is 6.55. The molecule has 0 aromatic heterocycles.